The number of phenolic OH excluding ortho intramolecular Hbond substituents is 1. The van der Waals surface area contributed by atoms with E-state index in [-0.39, 0.29) is 10.8 Å². The Morgan fingerprint density at radius 2 is 1.79 bits per heavy atom. The number of thiazole rings is 1. The molecule has 7 rings (SSSR count). The van der Waals surface area contributed by atoms with E-state index in [4.69, 9.17) is 9.97 Å². The number of phenols is 1. The quantitative estimate of drug-likeness (QED) is 0.391. The van der Waals surface area contributed by atoms with E-state index in [2.05, 4.69) is 25.9 Å². The maximum absolute atomic E-state index is 14.1. The fraction of sp³-hybridized carbons (Fsp3) is 0.481. The van der Waals surface area contributed by atoms with Crippen LogP contribution in [0.5, 0.6) is 5.75 Å². The van der Waals surface area contributed by atoms with Crippen LogP contribution in [0, 0.1) is 22.9 Å². The zero-order valence-electron chi connectivity index (χ0n) is 21.3. The molecule has 2 aromatic heterocycles. The Balaban J connectivity index is 1.11. The number of fused-ring (bicyclic) bond motifs is 3. The average Bonchev–Trinajstić information content (AvgIpc) is 3.50. The number of amides is 1. The lowest BCUT2D eigenvalue weighted by Gasteiger charge is -2.53. The van der Waals surface area contributed by atoms with Gasteiger partial charge < -0.3 is 20.6 Å². The van der Waals surface area contributed by atoms with Gasteiger partial charge in [0.15, 0.2) is 17.4 Å². The monoisotopic (exact) mass is 558 g/mol. The molecule has 0 atom stereocenters. The number of aromatic nitrogens is 3. The van der Waals surface area contributed by atoms with Gasteiger partial charge >= 0.3 is 0 Å². The number of piperazine rings is 1. The highest BCUT2D eigenvalue weighted by atomic mass is 32.1. The fourth-order valence-electron chi connectivity index (χ4n) is 6.15. The van der Waals surface area contributed by atoms with Gasteiger partial charge in [0.1, 0.15) is 10.7 Å². The highest BCUT2D eigenvalue weighted by Gasteiger charge is 2.50. The van der Waals surface area contributed by atoms with Crippen molar-refractivity contribution in [3.8, 4) is 16.5 Å². The molecule has 2 bridgehead atoms. The molecule has 3 aromatic rings. The first-order chi connectivity index (χ1) is 18.8. The summed E-state index contributed by atoms with van der Waals surface area (Å²) in [5, 5.41) is 18.3. The third kappa shape index (κ3) is 4.73. The number of hydrogen-bond acceptors (Lipinski definition) is 8. The molecule has 1 amide bonds. The summed E-state index contributed by atoms with van der Waals surface area (Å²) in [7, 11) is 0. The van der Waals surface area contributed by atoms with Crippen molar-refractivity contribution in [2.24, 2.45) is 5.41 Å². The molecule has 0 spiro atoms. The van der Waals surface area contributed by atoms with Crippen molar-refractivity contribution in [3.63, 3.8) is 0 Å². The Morgan fingerprint density at radius 1 is 1.08 bits per heavy atom. The molecular weight excluding hydrogens is 529 g/mol. The molecule has 3 aliphatic carbocycles. The highest BCUT2D eigenvalue weighted by Crippen LogP contribution is 2.57. The average molecular weight is 559 g/mol. The number of carbonyl (C=O) groups excluding carboxylic acids is 1. The maximum Gasteiger partial charge on any atom is 0.254 e. The Kier molecular flexibility index (Phi) is 6.70. The van der Waals surface area contributed by atoms with E-state index in [0.29, 0.717) is 12.6 Å². The van der Waals surface area contributed by atoms with E-state index in [1.54, 1.807) is 17.5 Å². The molecule has 12 heteroatoms. The van der Waals surface area contributed by atoms with Crippen LogP contribution in [0.2, 0.25) is 0 Å². The number of carbonyl (C=O) groups is 1. The Bertz CT molecular complexity index is 1390. The van der Waals surface area contributed by atoms with Gasteiger partial charge in [0.2, 0.25) is 11.8 Å². The summed E-state index contributed by atoms with van der Waals surface area (Å²) in [6.07, 6.45) is 7.12. The second kappa shape index (κ2) is 10.1. The molecule has 206 valence electrons. The first-order valence-corrected chi connectivity index (χ1v) is 14.1. The largest absolute Gasteiger partial charge is 0.503 e. The van der Waals surface area contributed by atoms with Gasteiger partial charge in [-0.3, -0.25) is 4.79 Å². The first kappa shape index (κ1) is 26.0. The van der Waals surface area contributed by atoms with Crippen LogP contribution >= 0.6 is 11.3 Å². The zero-order chi connectivity index (χ0) is 27.2. The predicted molar refractivity (Wildman–Crippen MR) is 140 cm³/mol. The minimum atomic E-state index is -1.76. The van der Waals surface area contributed by atoms with Crippen LogP contribution in [0.1, 0.15) is 54.6 Å². The predicted octanol–water partition coefficient (Wildman–Crippen LogP) is 4.15. The van der Waals surface area contributed by atoms with E-state index in [9.17, 15) is 23.1 Å². The van der Waals surface area contributed by atoms with Gasteiger partial charge in [-0.05, 0) is 56.1 Å². The van der Waals surface area contributed by atoms with Crippen molar-refractivity contribution >= 4 is 23.2 Å². The van der Waals surface area contributed by atoms with Gasteiger partial charge in [-0.25, -0.2) is 23.7 Å². The minimum Gasteiger partial charge on any atom is -0.503 e. The van der Waals surface area contributed by atoms with Crippen LogP contribution < -0.4 is 15.5 Å². The van der Waals surface area contributed by atoms with Crippen molar-refractivity contribution in [2.45, 2.75) is 43.9 Å². The molecule has 4 aliphatic rings. The van der Waals surface area contributed by atoms with E-state index in [0.717, 1.165) is 87.0 Å². The molecule has 1 aliphatic heterocycles. The van der Waals surface area contributed by atoms with E-state index in [1.165, 1.54) is 0 Å². The number of nitrogens with one attached hydrogen (secondary N) is 2. The number of aromatic hydroxyl groups is 1. The zero-order valence-corrected chi connectivity index (χ0v) is 22.1. The molecule has 3 heterocycles. The third-order valence-electron chi connectivity index (χ3n) is 8.71. The highest BCUT2D eigenvalue weighted by molar-refractivity contribution is 7.13. The van der Waals surface area contributed by atoms with Crippen LogP contribution in [0.25, 0.3) is 10.7 Å². The minimum absolute atomic E-state index is 0.0236. The normalized spacial score (nSPS) is 24.6. The molecular formula is C27H29F3N6O2S. The summed E-state index contributed by atoms with van der Waals surface area (Å²) >= 11 is 1.59. The Morgan fingerprint density at radius 3 is 2.51 bits per heavy atom. The fourth-order valence-corrected chi connectivity index (χ4v) is 7.06. The molecule has 0 unspecified atom stereocenters. The summed E-state index contributed by atoms with van der Waals surface area (Å²) in [5.41, 5.74) is 0.985. The standard InChI is InChI=1S/C27H29F3N6O2S/c28-17-13-16(20(29)21(30)22(17)37)23(38)33-15-26-2-5-27(6-3-26,7-4-26)19-14-39-24(35-19)18-1-8-32-25(34-18)36-11-9-31-10-12-36/h1,8,13-14,31,37H,2-7,9-12,15H2,(H,33,38). The lowest BCUT2D eigenvalue weighted by molar-refractivity contribution is 0.0369. The second-order valence-corrected chi connectivity index (χ2v) is 11.7. The topological polar surface area (TPSA) is 103 Å². The summed E-state index contributed by atoms with van der Waals surface area (Å²) in [5.74, 6) is -6.29. The number of anilines is 1. The van der Waals surface area contributed by atoms with Crippen molar-refractivity contribution in [3.05, 3.63) is 52.4 Å². The number of hydrogen-bond donors (Lipinski definition) is 3. The Labute approximate surface area is 227 Å². The maximum atomic E-state index is 14.1. The van der Waals surface area contributed by atoms with Crippen LogP contribution in [0.3, 0.4) is 0 Å². The SMILES string of the molecule is O=C(NCC12CCC(c3csc(-c4ccnc(N5CCNCC5)n4)n3)(CC1)CC2)c1cc(F)c(O)c(F)c1F. The van der Waals surface area contributed by atoms with E-state index >= 15 is 0 Å². The number of benzene rings is 1. The summed E-state index contributed by atoms with van der Waals surface area (Å²) < 4.78 is 41.5. The summed E-state index contributed by atoms with van der Waals surface area (Å²) in [6.45, 7) is 3.86. The van der Waals surface area contributed by atoms with Crippen molar-refractivity contribution in [1.82, 2.24) is 25.6 Å². The number of halogens is 3. The molecule has 0 radical (unpaired) electrons. The van der Waals surface area contributed by atoms with Gasteiger partial charge in [-0.2, -0.15) is 4.39 Å². The lowest BCUT2D eigenvalue weighted by Crippen LogP contribution is -2.49. The molecule has 3 saturated carbocycles. The van der Waals surface area contributed by atoms with E-state index in [1.807, 2.05) is 6.07 Å². The van der Waals surface area contributed by atoms with Crippen LogP contribution in [-0.2, 0) is 5.41 Å². The molecule has 39 heavy (non-hydrogen) atoms. The van der Waals surface area contributed by atoms with Gasteiger partial charge in [0.05, 0.1) is 11.3 Å². The van der Waals surface area contributed by atoms with Crippen LogP contribution in [-0.4, -0.2) is 58.7 Å². The van der Waals surface area contributed by atoms with Gasteiger partial charge in [0, 0.05) is 49.7 Å². The van der Waals surface area contributed by atoms with Gasteiger partial charge in [-0.1, -0.05) is 0 Å². The number of nitrogens with zero attached hydrogens (tertiary/aromatic N) is 4. The summed E-state index contributed by atoms with van der Waals surface area (Å²) in [4.78, 5) is 29.0. The van der Waals surface area contributed by atoms with Gasteiger partial charge in [-0.15, -0.1) is 11.3 Å². The Hall–Kier alpha value is -3.25. The van der Waals surface area contributed by atoms with Crippen LogP contribution in [0.4, 0.5) is 19.1 Å². The van der Waals surface area contributed by atoms with E-state index < -0.39 is 34.7 Å². The summed E-state index contributed by atoms with van der Waals surface area (Å²) in [6, 6.07) is 2.42. The molecule has 4 fully saturated rings. The lowest BCUT2D eigenvalue weighted by atomic mass is 9.53. The van der Waals surface area contributed by atoms with Crippen molar-refractivity contribution in [2.75, 3.05) is 37.6 Å². The number of rotatable bonds is 6. The molecule has 3 N–H and O–H groups in total. The molecule has 1 aromatic carbocycles. The van der Waals surface area contributed by atoms with Crippen molar-refractivity contribution in [1.29, 1.82) is 0 Å². The second-order valence-electron chi connectivity index (χ2n) is 10.9. The van der Waals surface area contributed by atoms with Crippen molar-refractivity contribution < 1.29 is 23.1 Å². The first-order valence-electron chi connectivity index (χ1n) is 13.2. The van der Waals surface area contributed by atoms with Gasteiger partial charge in [0.25, 0.3) is 5.91 Å². The molecule has 1 saturated heterocycles. The molecule has 8 nitrogen and oxygen atoms in total. The smallest absolute Gasteiger partial charge is 0.254 e. The third-order valence-corrected chi connectivity index (χ3v) is 9.58. The van der Waals surface area contributed by atoms with Crippen LogP contribution in [0.15, 0.2) is 23.7 Å².